The van der Waals surface area contributed by atoms with Gasteiger partial charge in [0.05, 0.1) is 15.6 Å². The average Bonchev–Trinajstić information content (AvgIpc) is 2.89. The van der Waals surface area contributed by atoms with Gasteiger partial charge in [0.15, 0.2) is 15.6 Å². The summed E-state index contributed by atoms with van der Waals surface area (Å²) >= 11 is 5.85. The minimum atomic E-state index is -3.23. The van der Waals surface area contributed by atoms with Gasteiger partial charge in [-0.05, 0) is 41.8 Å². The number of allylic oxidation sites excluding steroid dienone is 2. The van der Waals surface area contributed by atoms with Crippen molar-refractivity contribution in [2.45, 2.75) is 17.7 Å². The van der Waals surface area contributed by atoms with Crippen LogP contribution in [0.25, 0.3) is 11.1 Å². The molecule has 1 aromatic carbocycles. The second-order valence-corrected chi connectivity index (χ2v) is 7.89. The Morgan fingerprint density at radius 3 is 2.30 bits per heavy atom. The second-order valence-electron chi connectivity index (χ2n) is 5.43. The highest BCUT2D eigenvalue weighted by atomic mass is 35.5. The number of Topliss-reactive ketones (excluding diaryl/α,β-unsaturated/α-hetero) is 1. The Bertz CT molecular complexity index is 898. The van der Waals surface area contributed by atoms with Gasteiger partial charge in [-0.15, -0.1) is 0 Å². The Hall–Kier alpha value is -1.98. The predicted molar refractivity (Wildman–Crippen MR) is 89.9 cm³/mol. The third-order valence-corrected chi connectivity index (χ3v) is 5.15. The molecule has 1 aliphatic carbocycles. The minimum Gasteiger partial charge on any atom is -0.294 e. The lowest BCUT2D eigenvalue weighted by Crippen LogP contribution is -1.99. The van der Waals surface area contributed by atoms with Crippen molar-refractivity contribution in [3.05, 3.63) is 58.9 Å². The molecule has 0 fully saturated rings. The Morgan fingerprint density at radius 2 is 1.74 bits per heavy atom. The van der Waals surface area contributed by atoms with E-state index in [0.717, 1.165) is 11.1 Å². The van der Waals surface area contributed by atoms with Gasteiger partial charge in [0.1, 0.15) is 0 Å². The summed E-state index contributed by atoms with van der Waals surface area (Å²) in [6.45, 7) is 0. The lowest BCUT2D eigenvalue weighted by Gasteiger charge is -2.07. The highest BCUT2D eigenvalue weighted by Gasteiger charge is 2.26. The second kappa shape index (κ2) is 5.91. The van der Waals surface area contributed by atoms with E-state index in [1.54, 1.807) is 36.4 Å². The predicted octanol–water partition coefficient (Wildman–Crippen LogP) is 3.41. The molecule has 0 unspecified atom stereocenters. The van der Waals surface area contributed by atoms with Gasteiger partial charge in [0, 0.05) is 24.4 Å². The number of hydrogen-bond donors (Lipinski definition) is 0. The van der Waals surface area contributed by atoms with E-state index < -0.39 is 9.84 Å². The molecule has 1 heterocycles. The van der Waals surface area contributed by atoms with Gasteiger partial charge >= 0.3 is 0 Å². The van der Waals surface area contributed by atoms with Gasteiger partial charge in [0.2, 0.25) is 0 Å². The molecule has 0 radical (unpaired) electrons. The molecule has 4 nitrogen and oxygen atoms in total. The minimum absolute atomic E-state index is 0.0435. The van der Waals surface area contributed by atoms with Crippen LogP contribution in [0.5, 0.6) is 0 Å². The molecule has 1 aliphatic rings. The van der Waals surface area contributed by atoms with Crippen LogP contribution in [0.2, 0.25) is 5.02 Å². The monoisotopic (exact) mass is 347 g/mol. The number of benzene rings is 1. The van der Waals surface area contributed by atoms with Crippen molar-refractivity contribution in [3.63, 3.8) is 0 Å². The smallest absolute Gasteiger partial charge is 0.175 e. The molecule has 0 N–H and O–H groups in total. The quantitative estimate of drug-likeness (QED) is 0.853. The number of aromatic nitrogens is 1. The fraction of sp³-hybridized carbons (Fsp3) is 0.176. The summed E-state index contributed by atoms with van der Waals surface area (Å²) in [5.41, 5.74) is 2.92. The van der Waals surface area contributed by atoms with Crippen LogP contribution in [-0.2, 0) is 14.6 Å². The van der Waals surface area contributed by atoms with Crippen LogP contribution in [0.4, 0.5) is 0 Å². The molecule has 1 aromatic heterocycles. The first kappa shape index (κ1) is 15.9. The zero-order valence-corrected chi connectivity index (χ0v) is 14.0. The molecular formula is C17H14ClNO3S. The number of sulfone groups is 1. The maximum absolute atomic E-state index is 12.2. The van der Waals surface area contributed by atoms with Crippen molar-refractivity contribution in [2.75, 3.05) is 6.26 Å². The molecule has 0 saturated carbocycles. The summed E-state index contributed by atoms with van der Waals surface area (Å²) in [5.74, 6) is 0.0435. The van der Waals surface area contributed by atoms with Crippen LogP contribution < -0.4 is 0 Å². The van der Waals surface area contributed by atoms with Gasteiger partial charge in [0.25, 0.3) is 0 Å². The Balaban J connectivity index is 2.08. The van der Waals surface area contributed by atoms with E-state index in [1.165, 1.54) is 12.5 Å². The Morgan fingerprint density at radius 1 is 1.04 bits per heavy atom. The standard InChI is InChI=1S/C17H14ClNO3S/c1-23(21,22)13-5-2-11(3-6-13)14-7-9-16(20)17(14)15-8-4-12(18)10-19-15/h2-6,8,10H,7,9H2,1H3. The van der Waals surface area contributed by atoms with Gasteiger partial charge in [-0.25, -0.2) is 8.42 Å². The van der Waals surface area contributed by atoms with E-state index >= 15 is 0 Å². The highest BCUT2D eigenvalue weighted by Crippen LogP contribution is 2.37. The van der Waals surface area contributed by atoms with E-state index in [2.05, 4.69) is 4.98 Å². The largest absolute Gasteiger partial charge is 0.294 e. The Kier molecular flexibility index (Phi) is 4.08. The van der Waals surface area contributed by atoms with E-state index in [1.807, 2.05) is 0 Å². The van der Waals surface area contributed by atoms with Crippen molar-refractivity contribution >= 4 is 38.4 Å². The van der Waals surface area contributed by atoms with Crippen LogP contribution in [-0.4, -0.2) is 25.4 Å². The normalized spacial score (nSPS) is 15.3. The SMILES string of the molecule is CS(=O)(=O)c1ccc(C2=C(c3ccc(Cl)cn3)C(=O)CC2)cc1. The summed E-state index contributed by atoms with van der Waals surface area (Å²) < 4.78 is 23.1. The van der Waals surface area contributed by atoms with E-state index in [0.29, 0.717) is 29.1 Å². The van der Waals surface area contributed by atoms with Crippen LogP contribution in [0, 0.1) is 0 Å². The number of halogens is 1. The van der Waals surface area contributed by atoms with Gasteiger partial charge in [-0.3, -0.25) is 9.78 Å². The molecule has 0 amide bonds. The summed E-state index contributed by atoms with van der Waals surface area (Å²) in [5, 5.41) is 0.513. The third-order valence-electron chi connectivity index (χ3n) is 3.80. The van der Waals surface area contributed by atoms with Crippen molar-refractivity contribution in [1.82, 2.24) is 4.98 Å². The molecule has 0 aliphatic heterocycles. The maximum Gasteiger partial charge on any atom is 0.175 e. The van der Waals surface area contributed by atoms with Crippen molar-refractivity contribution in [3.8, 4) is 0 Å². The first-order valence-corrected chi connectivity index (χ1v) is 9.32. The first-order chi connectivity index (χ1) is 10.9. The zero-order valence-electron chi connectivity index (χ0n) is 12.4. The van der Waals surface area contributed by atoms with Crippen LogP contribution in [0.15, 0.2) is 47.5 Å². The molecule has 0 spiro atoms. The van der Waals surface area contributed by atoms with Gasteiger partial charge in [-0.1, -0.05) is 23.7 Å². The number of carbonyl (C=O) groups is 1. The number of rotatable bonds is 3. The van der Waals surface area contributed by atoms with Crippen LogP contribution in [0.1, 0.15) is 24.1 Å². The van der Waals surface area contributed by atoms with E-state index in [-0.39, 0.29) is 10.7 Å². The maximum atomic E-state index is 12.2. The molecule has 0 bridgehead atoms. The van der Waals surface area contributed by atoms with Gasteiger partial charge < -0.3 is 0 Å². The fourth-order valence-electron chi connectivity index (χ4n) is 2.67. The summed E-state index contributed by atoms with van der Waals surface area (Å²) in [4.78, 5) is 16.7. The first-order valence-electron chi connectivity index (χ1n) is 7.05. The fourth-order valence-corrected chi connectivity index (χ4v) is 3.41. The lowest BCUT2D eigenvalue weighted by atomic mass is 10.00. The summed E-state index contributed by atoms with van der Waals surface area (Å²) in [6.07, 6.45) is 3.74. The van der Waals surface area contributed by atoms with Crippen molar-refractivity contribution in [2.24, 2.45) is 0 Å². The molecule has 118 valence electrons. The summed E-state index contributed by atoms with van der Waals surface area (Å²) in [6, 6.07) is 10.0. The molecular weight excluding hydrogens is 334 g/mol. The zero-order chi connectivity index (χ0) is 16.6. The topological polar surface area (TPSA) is 64.1 Å². The molecule has 2 aromatic rings. The number of hydrogen-bond acceptors (Lipinski definition) is 4. The number of ketones is 1. The van der Waals surface area contributed by atoms with E-state index in [4.69, 9.17) is 11.6 Å². The van der Waals surface area contributed by atoms with Gasteiger partial charge in [-0.2, -0.15) is 0 Å². The molecule has 6 heteroatoms. The molecule has 23 heavy (non-hydrogen) atoms. The molecule has 0 atom stereocenters. The van der Waals surface area contributed by atoms with Crippen LogP contribution in [0.3, 0.4) is 0 Å². The lowest BCUT2D eigenvalue weighted by molar-refractivity contribution is -0.113. The average molecular weight is 348 g/mol. The third kappa shape index (κ3) is 3.21. The van der Waals surface area contributed by atoms with Crippen molar-refractivity contribution in [1.29, 1.82) is 0 Å². The van der Waals surface area contributed by atoms with Crippen molar-refractivity contribution < 1.29 is 13.2 Å². The highest BCUT2D eigenvalue weighted by molar-refractivity contribution is 7.90. The number of pyridine rings is 1. The molecule has 3 rings (SSSR count). The van der Waals surface area contributed by atoms with Crippen LogP contribution >= 0.6 is 11.6 Å². The summed E-state index contributed by atoms with van der Waals surface area (Å²) in [7, 11) is -3.23. The molecule has 0 saturated heterocycles. The Labute approximate surface area is 139 Å². The number of nitrogens with zero attached hydrogens (tertiary/aromatic N) is 1. The van der Waals surface area contributed by atoms with E-state index in [9.17, 15) is 13.2 Å². The number of carbonyl (C=O) groups excluding carboxylic acids is 1.